The van der Waals surface area contributed by atoms with Crippen LogP contribution in [0.5, 0.6) is 5.75 Å². The molecule has 0 fully saturated rings. The van der Waals surface area contributed by atoms with Gasteiger partial charge in [-0.2, -0.15) is 0 Å². The number of para-hydroxylation sites is 1. The summed E-state index contributed by atoms with van der Waals surface area (Å²) in [6.07, 6.45) is 10.3. The van der Waals surface area contributed by atoms with Gasteiger partial charge in [0.05, 0.1) is 6.04 Å². The summed E-state index contributed by atoms with van der Waals surface area (Å²) in [4.78, 5) is 0. The molecule has 0 bridgehead atoms. The van der Waals surface area contributed by atoms with Crippen LogP contribution in [0.1, 0.15) is 45.4 Å². The molecule has 1 aliphatic rings. The van der Waals surface area contributed by atoms with Crippen molar-refractivity contribution in [1.29, 1.82) is 0 Å². The second kappa shape index (κ2) is 8.80. The van der Waals surface area contributed by atoms with Gasteiger partial charge in [0.15, 0.2) is 0 Å². The van der Waals surface area contributed by atoms with E-state index in [-0.39, 0.29) is 0 Å². The third-order valence-electron chi connectivity index (χ3n) is 3.88. The van der Waals surface area contributed by atoms with E-state index in [0.29, 0.717) is 6.04 Å². The highest BCUT2D eigenvalue weighted by molar-refractivity contribution is 5.21. The zero-order chi connectivity index (χ0) is 14.0. The van der Waals surface area contributed by atoms with Gasteiger partial charge in [-0.15, -0.1) is 0 Å². The number of nitrogens with one attached hydrogen (secondary N) is 1. The van der Waals surface area contributed by atoms with Crippen molar-refractivity contribution in [1.82, 2.24) is 5.32 Å². The molecule has 0 spiro atoms. The molecule has 1 aromatic carbocycles. The van der Waals surface area contributed by atoms with Gasteiger partial charge in [0.1, 0.15) is 12.4 Å². The standard InChI is InChI=1S/C18H27NO/c1-2-19-18(15-20-17-13-9-6-10-14-17)16-11-7-4-3-5-8-12-16/h6,9-11,13-14,18-19H,2-5,7-8,12,15H2,1H3/b16-11+. The molecule has 1 atom stereocenters. The average Bonchev–Trinajstić information content (AvgIpc) is 2.45. The Balaban J connectivity index is 1.94. The van der Waals surface area contributed by atoms with Crippen LogP contribution >= 0.6 is 0 Å². The van der Waals surface area contributed by atoms with Gasteiger partial charge >= 0.3 is 0 Å². The lowest BCUT2D eigenvalue weighted by Gasteiger charge is -2.23. The fraction of sp³-hybridized carbons (Fsp3) is 0.556. The maximum Gasteiger partial charge on any atom is 0.119 e. The fourth-order valence-corrected chi connectivity index (χ4v) is 2.77. The molecule has 0 radical (unpaired) electrons. The molecule has 0 amide bonds. The van der Waals surface area contributed by atoms with E-state index in [9.17, 15) is 0 Å². The van der Waals surface area contributed by atoms with Crippen molar-refractivity contribution in [3.63, 3.8) is 0 Å². The number of ether oxygens (including phenoxy) is 1. The van der Waals surface area contributed by atoms with E-state index in [1.54, 1.807) is 5.57 Å². The van der Waals surface area contributed by atoms with Gasteiger partial charge in [0, 0.05) is 0 Å². The van der Waals surface area contributed by atoms with Crippen LogP contribution in [-0.2, 0) is 0 Å². The fourth-order valence-electron chi connectivity index (χ4n) is 2.77. The molecule has 1 aromatic rings. The van der Waals surface area contributed by atoms with Gasteiger partial charge in [0.2, 0.25) is 0 Å². The Morgan fingerprint density at radius 1 is 1.10 bits per heavy atom. The quantitative estimate of drug-likeness (QED) is 0.779. The number of hydrogen-bond acceptors (Lipinski definition) is 2. The van der Waals surface area contributed by atoms with E-state index in [2.05, 4.69) is 18.3 Å². The molecule has 0 aliphatic heterocycles. The van der Waals surface area contributed by atoms with Gasteiger partial charge in [-0.05, 0) is 44.4 Å². The predicted octanol–water partition coefficient (Wildman–Crippen LogP) is 4.32. The number of hydrogen-bond donors (Lipinski definition) is 1. The Kier molecular flexibility index (Phi) is 6.65. The van der Waals surface area contributed by atoms with Crippen LogP contribution in [0.2, 0.25) is 0 Å². The van der Waals surface area contributed by atoms with Crippen molar-refractivity contribution >= 4 is 0 Å². The maximum atomic E-state index is 5.94. The molecule has 110 valence electrons. The molecule has 20 heavy (non-hydrogen) atoms. The zero-order valence-corrected chi connectivity index (χ0v) is 12.6. The van der Waals surface area contributed by atoms with Crippen LogP contribution in [-0.4, -0.2) is 19.2 Å². The minimum Gasteiger partial charge on any atom is -0.492 e. The van der Waals surface area contributed by atoms with E-state index in [1.165, 1.54) is 38.5 Å². The molecule has 0 heterocycles. The van der Waals surface area contributed by atoms with Crippen molar-refractivity contribution in [3.8, 4) is 5.75 Å². The molecule has 1 unspecified atom stereocenters. The summed E-state index contributed by atoms with van der Waals surface area (Å²) >= 11 is 0. The number of allylic oxidation sites excluding steroid dienone is 1. The Hall–Kier alpha value is -1.28. The minimum absolute atomic E-state index is 0.360. The summed E-state index contributed by atoms with van der Waals surface area (Å²) < 4.78 is 5.94. The Morgan fingerprint density at radius 2 is 1.90 bits per heavy atom. The van der Waals surface area contributed by atoms with E-state index in [0.717, 1.165) is 18.9 Å². The molecule has 2 rings (SSSR count). The smallest absolute Gasteiger partial charge is 0.119 e. The molecular weight excluding hydrogens is 246 g/mol. The third-order valence-corrected chi connectivity index (χ3v) is 3.88. The Morgan fingerprint density at radius 3 is 2.70 bits per heavy atom. The minimum atomic E-state index is 0.360. The van der Waals surface area contributed by atoms with Crippen molar-refractivity contribution in [3.05, 3.63) is 42.0 Å². The predicted molar refractivity (Wildman–Crippen MR) is 85.2 cm³/mol. The lowest BCUT2D eigenvalue weighted by Crippen LogP contribution is -2.36. The lowest BCUT2D eigenvalue weighted by atomic mass is 9.95. The van der Waals surface area contributed by atoms with Crippen LogP contribution in [0.25, 0.3) is 0 Å². The lowest BCUT2D eigenvalue weighted by molar-refractivity contribution is 0.279. The van der Waals surface area contributed by atoms with E-state index < -0.39 is 0 Å². The van der Waals surface area contributed by atoms with Gasteiger partial charge in [-0.1, -0.05) is 49.6 Å². The van der Waals surface area contributed by atoms with Crippen LogP contribution < -0.4 is 10.1 Å². The highest BCUT2D eigenvalue weighted by atomic mass is 16.5. The molecular formula is C18H27NO. The van der Waals surface area contributed by atoms with Crippen LogP contribution in [0.3, 0.4) is 0 Å². The third kappa shape index (κ3) is 5.01. The molecule has 2 heteroatoms. The SMILES string of the molecule is CCNC(COc1ccccc1)/C1=C/CCCCCC1. The summed E-state index contributed by atoms with van der Waals surface area (Å²) in [5, 5.41) is 3.58. The van der Waals surface area contributed by atoms with Crippen molar-refractivity contribution in [2.24, 2.45) is 0 Å². The largest absolute Gasteiger partial charge is 0.492 e. The Bertz CT molecular complexity index is 399. The zero-order valence-electron chi connectivity index (χ0n) is 12.6. The summed E-state index contributed by atoms with van der Waals surface area (Å²) in [6, 6.07) is 10.5. The van der Waals surface area contributed by atoms with Gasteiger partial charge in [-0.3, -0.25) is 0 Å². The second-order valence-electron chi connectivity index (χ2n) is 5.47. The molecule has 1 aliphatic carbocycles. The summed E-state index contributed by atoms with van der Waals surface area (Å²) in [7, 11) is 0. The van der Waals surface area contributed by atoms with Gasteiger partial charge in [0.25, 0.3) is 0 Å². The molecule has 1 N–H and O–H groups in total. The molecule has 0 aromatic heterocycles. The Labute approximate surface area is 123 Å². The highest BCUT2D eigenvalue weighted by Gasteiger charge is 2.15. The van der Waals surface area contributed by atoms with E-state index >= 15 is 0 Å². The van der Waals surface area contributed by atoms with Crippen molar-refractivity contribution in [2.75, 3.05) is 13.2 Å². The molecule has 2 nitrogen and oxygen atoms in total. The highest BCUT2D eigenvalue weighted by Crippen LogP contribution is 2.20. The first-order valence-corrected chi connectivity index (χ1v) is 8.00. The van der Waals surface area contributed by atoms with Crippen LogP contribution in [0, 0.1) is 0 Å². The van der Waals surface area contributed by atoms with Gasteiger partial charge < -0.3 is 10.1 Å². The average molecular weight is 273 g/mol. The van der Waals surface area contributed by atoms with Crippen LogP contribution in [0.4, 0.5) is 0 Å². The first-order chi connectivity index (χ1) is 9.90. The summed E-state index contributed by atoms with van der Waals surface area (Å²) in [5.74, 6) is 0.960. The van der Waals surface area contributed by atoms with Gasteiger partial charge in [-0.25, -0.2) is 0 Å². The van der Waals surface area contributed by atoms with E-state index in [4.69, 9.17) is 4.74 Å². The van der Waals surface area contributed by atoms with Crippen molar-refractivity contribution < 1.29 is 4.74 Å². The first-order valence-electron chi connectivity index (χ1n) is 8.00. The first kappa shape index (κ1) is 15.1. The normalized spacial score (nSPS) is 20.4. The topological polar surface area (TPSA) is 21.3 Å². The van der Waals surface area contributed by atoms with Crippen LogP contribution in [0.15, 0.2) is 42.0 Å². The second-order valence-corrected chi connectivity index (χ2v) is 5.47. The summed E-state index contributed by atoms with van der Waals surface area (Å²) in [5.41, 5.74) is 1.54. The molecule has 0 saturated carbocycles. The van der Waals surface area contributed by atoms with E-state index in [1.807, 2.05) is 30.3 Å². The monoisotopic (exact) mass is 273 g/mol. The molecule has 0 saturated heterocycles. The number of benzene rings is 1. The van der Waals surface area contributed by atoms with Crippen molar-refractivity contribution in [2.45, 2.75) is 51.5 Å². The maximum absolute atomic E-state index is 5.94. The number of rotatable bonds is 6. The summed E-state index contributed by atoms with van der Waals surface area (Å²) in [6.45, 7) is 3.88. The number of likely N-dealkylation sites (N-methyl/N-ethyl adjacent to an activating group) is 1.